The van der Waals surface area contributed by atoms with Gasteiger partial charge in [-0.1, -0.05) is 6.07 Å². The summed E-state index contributed by atoms with van der Waals surface area (Å²) in [6, 6.07) is 8.73. The van der Waals surface area contributed by atoms with Gasteiger partial charge in [0.15, 0.2) is 5.76 Å². The summed E-state index contributed by atoms with van der Waals surface area (Å²) in [5.74, 6) is -0.0505. The minimum Gasteiger partial charge on any atom is -0.497 e. The molecular formula is C16H14N2O4S. The van der Waals surface area contributed by atoms with E-state index in [-0.39, 0.29) is 11.7 Å². The predicted octanol–water partition coefficient (Wildman–Crippen LogP) is 2.89. The van der Waals surface area contributed by atoms with E-state index in [0.29, 0.717) is 21.8 Å². The molecule has 0 bridgehead atoms. The average molecular weight is 330 g/mol. The second-order valence-corrected chi connectivity index (χ2v) is 5.75. The zero-order chi connectivity index (χ0) is 16.4. The highest BCUT2D eigenvalue weighted by atomic mass is 32.1. The molecule has 6 nitrogen and oxygen atoms in total. The van der Waals surface area contributed by atoms with Crippen molar-refractivity contribution in [1.29, 1.82) is 0 Å². The second kappa shape index (κ2) is 6.13. The van der Waals surface area contributed by atoms with Gasteiger partial charge in [0.1, 0.15) is 11.3 Å². The quantitative estimate of drug-likeness (QED) is 0.724. The number of ether oxygens (including phenoxy) is 1. The molecule has 0 unspecified atom stereocenters. The zero-order valence-electron chi connectivity index (χ0n) is 12.5. The highest BCUT2D eigenvalue weighted by Gasteiger charge is 2.19. The maximum absolute atomic E-state index is 12.2. The molecule has 0 radical (unpaired) electrons. The van der Waals surface area contributed by atoms with Crippen molar-refractivity contribution in [3.63, 3.8) is 0 Å². The molecule has 0 fully saturated rings. The van der Waals surface area contributed by atoms with Crippen LogP contribution < -0.4 is 15.6 Å². The summed E-state index contributed by atoms with van der Waals surface area (Å²) in [5.41, 5.74) is 5.99. The molecule has 2 amide bonds. The van der Waals surface area contributed by atoms with Gasteiger partial charge in [0, 0.05) is 10.9 Å². The van der Waals surface area contributed by atoms with E-state index in [9.17, 15) is 9.59 Å². The lowest BCUT2D eigenvalue weighted by molar-refractivity contribution is 0.0833. The lowest BCUT2D eigenvalue weighted by atomic mass is 10.1. The number of fused-ring (bicyclic) bond motifs is 1. The molecule has 0 atom stereocenters. The van der Waals surface area contributed by atoms with Crippen LogP contribution in [0.3, 0.4) is 0 Å². The zero-order valence-corrected chi connectivity index (χ0v) is 13.3. The number of methoxy groups -OCH3 is 1. The van der Waals surface area contributed by atoms with Gasteiger partial charge in [-0.05, 0) is 36.6 Å². The first-order chi connectivity index (χ1) is 11.1. The molecule has 7 heteroatoms. The minimum absolute atomic E-state index is 0.153. The number of carbonyl (C=O) groups is 2. The molecule has 0 aliphatic rings. The van der Waals surface area contributed by atoms with E-state index in [0.717, 1.165) is 5.39 Å². The summed E-state index contributed by atoms with van der Waals surface area (Å²) in [4.78, 5) is 24.5. The van der Waals surface area contributed by atoms with Crippen molar-refractivity contribution in [3.8, 4) is 5.75 Å². The molecular weight excluding hydrogens is 316 g/mol. The average Bonchev–Trinajstić information content (AvgIpc) is 3.20. The van der Waals surface area contributed by atoms with E-state index in [4.69, 9.17) is 9.15 Å². The van der Waals surface area contributed by atoms with Gasteiger partial charge in [-0.2, -0.15) is 0 Å². The first kappa shape index (κ1) is 15.1. The van der Waals surface area contributed by atoms with E-state index in [1.165, 1.54) is 11.3 Å². The number of hydrogen-bond acceptors (Lipinski definition) is 5. The summed E-state index contributed by atoms with van der Waals surface area (Å²) < 4.78 is 10.7. The van der Waals surface area contributed by atoms with Crippen LogP contribution in [-0.4, -0.2) is 18.9 Å². The molecule has 0 spiro atoms. The van der Waals surface area contributed by atoms with E-state index < -0.39 is 5.91 Å². The Morgan fingerprint density at radius 1 is 1.17 bits per heavy atom. The second-order valence-electron chi connectivity index (χ2n) is 4.80. The Balaban J connectivity index is 1.78. The predicted molar refractivity (Wildman–Crippen MR) is 86.8 cm³/mol. The van der Waals surface area contributed by atoms with Gasteiger partial charge in [0.25, 0.3) is 5.91 Å². The normalized spacial score (nSPS) is 10.5. The Morgan fingerprint density at radius 3 is 2.65 bits per heavy atom. The number of aryl methyl sites for hydroxylation is 1. The topological polar surface area (TPSA) is 80.6 Å². The highest BCUT2D eigenvalue weighted by Crippen LogP contribution is 2.28. The number of thiophene rings is 1. The summed E-state index contributed by atoms with van der Waals surface area (Å²) in [5, 5.41) is 2.58. The Morgan fingerprint density at radius 2 is 1.96 bits per heavy atom. The Bertz CT molecular complexity index is 868. The van der Waals surface area contributed by atoms with Crippen LogP contribution in [0, 0.1) is 6.92 Å². The minimum atomic E-state index is -0.512. The van der Waals surface area contributed by atoms with Gasteiger partial charge in [-0.15, -0.1) is 11.3 Å². The molecule has 0 saturated carbocycles. The lowest BCUT2D eigenvalue weighted by Crippen LogP contribution is -2.41. The van der Waals surface area contributed by atoms with E-state index in [1.54, 1.807) is 49.7 Å². The molecule has 118 valence electrons. The van der Waals surface area contributed by atoms with Gasteiger partial charge in [-0.3, -0.25) is 20.4 Å². The van der Waals surface area contributed by atoms with Crippen LogP contribution in [0.4, 0.5) is 0 Å². The van der Waals surface area contributed by atoms with E-state index >= 15 is 0 Å². The number of amides is 2. The van der Waals surface area contributed by atoms with Crippen molar-refractivity contribution >= 4 is 34.1 Å². The Hall–Kier alpha value is -2.80. The fourth-order valence-electron chi connectivity index (χ4n) is 2.18. The highest BCUT2D eigenvalue weighted by molar-refractivity contribution is 7.12. The third kappa shape index (κ3) is 2.91. The largest absolute Gasteiger partial charge is 0.497 e. The first-order valence-electron chi connectivity index (χ1n) is 6.81. The Labute approximate surface area is 136 Å². The number of benzene rings is 1. The van der Waals surface area contributed by atoms with Crippen molar-refractivity contribution in [2.75, 3.05) is 7.11 Å². The van der Waals surface area contributed by atoms with Crippen molar-refractivity contribution in [2.45, 2.75) is 6.92 Å². The van der Waals surface area contributed by atoms with E-state index in [2.05, 4.69) is 10.9 Å². The van der Waals surface area contributed by atoms with Crippen molar-refractivity contribution < 1.29 is 18.7 Å². The molecule has 3 aromatic rings. The van der Waals surface area contributed by atoms with Crippen LogP contribution in [0.5, 0.6) is 5.75 Å². The monoisotopic (exact) mass is 330 g/mol. The van der Waals surface area contributed by atoms with Gasteiger partial charge in [0.05, 0.1) is 12.0 Å². The number of furan rings is 1. The maximum atomic E-state index is 12.2. The SMILES string of the molecule is COc1ccc2oc(C(=O)NNC(=O)c3cccs3)c(C)c2c1. The molecule has 2 aromatic heterocycles. The molecule has 1 aromatic carbocycles. The summed E-state index contributed by atoms with van der Waals surface area (Å²) in [6.45, 7) is 1.78. The van der Waals surface area contributed by atoms with Crippen LogP contribution in [0.15, 0.2) is 40.1 Å². The van der Waals surface area contributed by atoms with Crippen LogP contribution in [0.25, 0.3) is 11.0 Å². The molecule has 0 saturated heterocycles. The van der Waals surface area contributed by atoms with Gasteiger partial charge in [0.2, 0.25) is 0 Å². The van der Waals surface area contributed by atoms with Crippen molar-refractivity contribution in [2.24, 2.45) is 0 Å². The molecule has 0 aliphatic carbocycles. The standard InChI is InChI=1S/C16H14N2O4S/c1-9-11-8-10(21-2)5-6-12(11)22-14(9)16(20)18-17-15(19)13-4-3-7-23-13/h3-8H,1-2H3,(H,17,19)(H,18,20). The summed E-state index contributed by atoms with van der Waals surface area (Å²) >= 11 is 1.29. The smallest absolute Gasteiger partial charge is 0.305 e. The number of nitrogens with one attached hydrogen (secondary N) is 2. The van der Waals surface area contributed by atoms with Crippen LogP contribution >= 0.6 is 11.3 Å². The van der Waals surface area contributed by atoms with Gasteiger partial charge < -0.3 is 9.15 Å². The first-order valence-corrected chi connectivity index (χ1v) is 7.69. The number of carbonyl (C=O) groups excluding carboxylic acids is 2. The number of rotatable bonds is 3. The van der Waals surface area contributed by atoms with Gasteiger partial charge >= 0.3 is 5.91 Å². The fourth-order valence-corrected chi connectivity index (χ4v) is 2.80. The van der Waals surface area contributed by atoms with Crippen LogP contribution in [0.2, 0.25) is 0 Å². The third-order valence-electron chi connectivity index (χ3n) is 3.38. The van der Waals surface area contributed by atoms with Gasteiger partial charge in [-0.25, -0.2) is 0 Å². The Kier molecular flexibility index (Phi) is 4.03. The number of hydrazine groups is 1. The summed E-state index contributed by atoms with van der Waals surface area (Å²) in [7, 11) is 1.57. The molecule has 2 heterocycles. The van der Waals surface area contributed by atoms with Crippen molar-refractivity contribution in [1.82, 2.24) is 10.9 Å². The van der Waals surface area contributed by atoms with Crippen molar-refractivity contribution in [3.05, 3.63) is 51.9 Å². The third-order valence-corrected chi connectivity index (χ3v) is 4.25. The molecule has 2 N–H and O–H groups in total. The molecule has 0 aliphatic heterocycles. The number of hydrogen-bond donors (Lipinski definition) is 2. The maximum Gasteiger partial charge on any atom is 0.305 e. The van der Waals surface area contributed by atoms with E-state index in [1.807, 2.05) is 0 Å². The molecule has 23 heavy (non-hydrogen) atoms. The summed E-state index contributed by atoms with van der Waals surface area (Å²) in [6.07, 6.45) is 0. The fraction of sp³-hybridized carbons (Fsp3) is 0.125. The van der Waals surface area contributed by atoms with Crippen LogP contribution in [0.1, 0.15) is 25.8 Å². The van der Waals surface area contributed by atoms with Crippen LogP contribution in [-0.2, 0) is 0 Å². The lowest BCUT2D eigenvalue weighted by Gasteiger charge is -2.04. The molecule has 3 rings (SSSR count).